The molecule has 0 spiro atoms. The maximum atomic E-state index is 9.11. The predicted molar refractivity (Wildman–Crippen MR) is 76.4 cm³/mol. The number of aliphatic hydroxyl groups is 1. The standard InChI is InChI=1S/C15H27NO3/c1-3-4-5-6-7-10-16(11-12-17)13-14-8-9-15(18-2)19-14/h8-9,17H,3-7,10-13H2,1-2H3. The van der Waals surface area contributed by atoms with E-state index in [4.69, 9.17) is 14.3 Å². The number of hydrogen-bond acceptors (Lipinski definition) is 4. The molecule has 110 valence electrons. The van der Waals surface area contributed by atoms with E-state index in [1.807, 2.05) is 12.1 Å². The first-order valence-corrected chi connectivity index (χ1v) is 7.26. The number of aliphatic hydroxyl groups excluding tert-OH is 1. The largest absolute Gasteiger partial charge is 0.468 e. The molecule has 0 unspecified atom stereocenters. The molecular formula is C15H27NO3. The molecule has 1 heterocycles. The lowest BCUT2D eigenvalue weighted by molar-refractivity contribution is 0.174. The summed E-state index contributed by atoms with van der Waals surface area (Å²) in [6, 6.07) is 3.76. The van der Waals surface area contributed by atoms with Crippen LogP contribution in [0, 0.1) is 0 Å². The topological polar surface area (TPSA) is 45.8 Å². The van der Waals surface area contributed by atoms with Gasteiger partial charge in [0, 0.05) is 12.6 Å². The normalized spacial score (nSPS) is 11.2. The zero-order valence-corrected chi connectivity index (χ0v) is 12.2. The first kappa shape index (κ1) is 16.1. The summed E-state index contributed by atoms with van der Waals surface area (Å²) in [5, 5.41) is 9.11. The van der Waals surface area contributed by atoms with Gasteiger partial charge in [-0.05, 0) is 19.0 Å². The number of methoxy groups -OCH3 is 1. The van der Waals surface area contributed by atoms with Crippen molar-refractivity contribution in [1.29, 1.82) is 0 Å². The second-order valence-electron chi connectivity index (χ2n) is 4.84. The van der Waals surface area contributed by atoms with Crippen LogP contribution in [-0.2, 0) is 6.54 Å². The van der Waals surface area contributed by atoms with Gasteiger partial charge in [-0.3, -0.25) is 4.90 Å². The third-order valence-corrected chi connectivity index (χ3v) is 3.21. The molecule has 1 aromatic heterocycles. The first-order chi connectivity index (χ1) is 9.30. The van der Waals surface area contributed by atoms with Gasteiger partial charge in [0.1, 0.15) is 5.76 Å². The van der Waals surface area contributed by atoms with Gasteiger partial charge in [-0.2, -0.15) is 0 Å². The van der Waals surface area contributed by atoms with Crippen LogP contribution in [0.5, 0.6) is 5.95 Å². The van der Waals surface area contributed by atoms with E-state index in [0.29, 0.717) is 12.5 Å². The zero-order valence-electron chi connectivity index (χ0n) is 12.2. The van der Waals surface area contributed by atoms with E-state index in [0.717, 1.165) is 18.8 Å². The second-order valence-corrected chi connectivity index (χ2v) is 4.84. The van der Waals surface area contributed by atoms with Crippen LogP contribution in [0.25, 0.3) is 0 Å². The van der Waals surface area contributed by atoms with Crippen molar-refractivity contribution in [3.8, 4) is 5.95 Å². The van der Waals surface area contributed by atoms with Crippen molar-refractivity contribution >= 4 is 0 Å². The number of rotatable bonds is 11. The summed E-state index contributed by atoms with van der Waals surface area (Å²) in [5.41, 5.74) is 0. The van der Waals surface area contributed by atoms with Gasteiger partial charge in [-0.25, -0.2) is 0 Å². The Labute approximate surface area is 116 Å². The van der Waals surface area contributed by atoms with Crippen molar-refractivity contribution in [1.82, 2.24) is 4.90 Å². The van der Waals surface area contributed by atoms with E-state index in [1.54, 1.807) is 7.11 Å². The second kappa shape index (κ2) is 9.87. The van der Waals surface area contributed by atoms with Crippen LogP contribution >= 0.6 is 0 Å². The molecule has 19 heavy (non-hydrogen) atoms. The Bertz CT molecular complexity index is 325. The van der Waals surface area contributed by atoms with E-state index in [9.17, 15) is 0 Å². The fourth-order valence-corrected chi connectivity index (χ4v) is 2.12. The molecule has 0 saturated carbocycles. The SMILES string of the molecule is CCCCCCCN(CCO)Cc1ccc(OC)o1. The molecule has 0 fully saturated rings. The fourth-order valence-electron chi connectivity index (χ4n) is 2.12. The summed E-state index contributed by atoms with van der Waals surface area (Å²) in [7, 11) is 1.60. The quantitative estimate of drug-likeness (QED) is 0.627. The van der Waals surface area contributed by atoms with E-state index in [2.05, 4.69) is 11.8 Å². The van der Waals surface area contributed by atoms with Gasteiger partial charge in [0.05, 0.1) is 20.3 Å². The molecule has 4 heteroatoms. The Balaban J connectivity index is 2.30. The molecule has 0 radical (unpaired) electrons. The maximum Gasteiger partial charge on any atom is 0.284 e. The molecule has 0 atom stereocenters. The fraction of sp³-hybridized carbons (Fsp3) is 0.733. The Morgan fingerprint density at radius 3 is 2.58 bits per heavy atom. The van der Waals surface area contributed by atoms with Gasteiger partial charge >= 0.3 is 0 Å². The Morgan fingerprint density at radius 1 is 1.16 bits per heavy atom. The molecule has 1 N–H and O–H groups in total. The number of nitrogens with zero attached hydrogens (tertiary/aromatic N) is 1. The highest BCUT2D eigenvalue weighted by molar-refractivity contribution is 5.11. The number of ether oxygens (including phenoxy) is 1. The highest BCUT2D eigenvalue weighted by atomic mass is 16.6. The average Bonchev–Trinajstić information content (AvgIpc) is 2.86. The van der Waals surface area contributed by atoms with E-state index >= 15 is 0 Å². The maximum absolute atomic E-state index is 9.11. The lowest BCUT2D eigenvalue weighted by Crippen LogP contribution is -2.27. The monoisotopic (exact) mass is 269 g/mol. The first-order valence-electron chi connectivity index (χ1n) is 7.26. The number of hydrogen-bond donors (Lipinski definition) is 1. The van der Waals surface area contributed by atoms with Crippen molar-refractivity contribution in [2.24, 2.45) is 0 Å². The molecular weight excluding hydrogens is 242 g/mol. The van der Waals surface area contributed by atoms with E-state index in [-0.39, 0.29) is 6.61 Å². The zero-order chi connectivity index (χ0) is 13.9. The number of furan rings is 1. The van der Waals surface area contributed by atoms with Gasteiger partial charge in [0.2, 0.25) is 0 Å². The third kappa shape index (κ3) is 6.64. The van der Waals surface area contributed by atoms with Crippen molar-refractivity contribution in [2.75, 3.05) is 26.8 Å². The molecule has 1 aromatic rings. The molecule has 0 aliphatic rings. The summed E-state index contributed by atoms with van der Waals surface area (Å²) in [6.45, 7) is 4.84. The van der Waals surface area contributed by atoms with Crippen LogP contribution in [0.4, 0.5) is 0 Å². The van der Waals surface area contributed by atoms with Crippen LogP contribution in [0.2, 0.25) is 0 Å². The summed E-state index contributed by atoms with van der Waals surface area (Å²) in [6.07, 6.45) is 6.33. The summed E-state index contributed by atoms with van der Waals surface area (Å²) < 4.78 is 10.5. The molecule has 0 bridgehead atoms. The van der Waals surface area contributed by atoms with E-state index in [1.165, 1.54) is 32.1 Å². The highest BCUT2D eigenvalue weighted by Crippen LogP contribution is 2.17. The van der Waals surface area contributed by atoms with Crippen LogP contribution in [-0.4, -0.2) is 36.8 Å². The van der Waals surface area contributed by atoms with Crippen molar-refractivity contribution in [3.63, 3.8) is 0 Å². The Hall–Kier alpha value is -1.00. The minimum Gasteiger partial charge on any atom is -0.468 e. The average molecular weight is 269 g/mol. The lowest BCUT2D eigenvalue weighted by atomic mass is 10.1. The molecule has 0 amide bonds. The van der Waals surface area contributed by atoms with Gasteiger partial charge < -0.3 is 14.3 Å². The minimum atomic E-state index is 0.187. The van der Waals surface area contributed by atoms with Crippen molar-refractivity contribution in [2.45, 2.75) is 45.6 Å². The lowest BCUT2D eigenvalue weighted by Gasteiger charge is -2.19. The van der Waals surface area contributed by atoms with Crippen LogP contribution in [0.3, 0.4) is 0 Å². The highest BCUT2D eigenvalue weighted by Gasteiger charge is 2.09. The Morgan fingerprint density at radius 2 is 1.95 bits per heavy atom. The summed E-state index contributed by atoms with van der Waals surface area (Å²) in [4.78, 5) is 2.23. The van der Waals surface area contributed by atoms with Gasteiger partial charge in [-0.1, -0.05) is 32.6 Å². The Kier molecular flexibility index (Phi) is 8.34. The minimum absolute atomic E-state index is 0.187. The molecule has 4 nitrogen and oxygen atoms in total. The predicted octanol–water partition coefficient (Wildman–Crippen LogP) is 3.05. The van der Waals surface area contributed by atoms with Gasteiger partial charge in [-0.15, -0.1) is 0 Å². The number of unbranched alkanes of at least 4 members (excludes halogenated alkanes) is 4. The molecule has 0 aromatic carbocycles. The third-order valence-electron chi connectivity index (χ3n) is 3.21. The summed E-state index contributed by atoms with van der Waals surface area (Å²) >= 11 is 0. The van der Waals surface area contributed by atoms with Crippen LogP contribution in [0.15, 0.2) is 16.5 Å². The molecule has 0 saturated heterocycles. The smallest absolute Gasteiger partial charge is 0.284 e. The van der Waals surface area contributed by atoms with Crippen LogP contribution in [0.1, 0.15) is 44.8 Å². The van der Waals surface area contributed by atoms with Gasteiger partial charge in [0.15, 0.2) is 0 Å². The molecule has 1 rings (SSSR count). The van der Waals surface area contributed by atoms with Gasteiger partial charge in [0.25, 0.3) is 5.95 Å². The van der Waals surface area contributed by atoms with E-state index < -0.39 is 0 Å². The molecule has 0 aliphatic heterocycles. The van der Waals surface area contributed by atoms with Crippen molar-refractivity contribution in [3.05, 3.63) is 17.9 Å². The summed E-state index contributed by atoms with van der Waals surface area (Å²) in [5.74, 6) is 1.43. The molecule has 0 aliphatic carbocycles. The van der Waals surface area contributed by atoms with Crippen molar-refractivity contribution < 1.29 is 14.3 Å². The van der Waals surface area contributed by atoms with Crippen LogP contribution < -0.4 is 4.74 Å².